The molecule has 9 nitrogen and oxygen atoms in total. The molecular weight excluding hydrogens is 360 g/mol. The number of nitrogens with zero attached hydrogens (tertiary/aromatic N) is 6. The quantitative estimate of drug-likeness (QED) is 0.692. The van der Waals surface area contributed by atoms with Crippen LogP contribution in [0, 0.1) is 13.8 Å². The van der Waals surface area contributed by atoms with Crippen molar-refractivity contribution in [2.75, 3.05) is 46.4 Å². The largest absolute Gasteiger partial charge is 0.402 e. The average Bonchev–Trinajstić information content (AvgIpc) is 3.19. The van der Waals surface area contributed by atoms with E-state index in [0.717, 1.165) is 43.4 Å². The Balaban J connectivity index is 1.63. The molecule has 2 fully saturated rings. The third-order valence-electron chi connectivity index (χ3n) is 6.02. The molecule has 1 unspecified atom stereocenters. The van der Waals surface area contributed by atoms with E-state index in [1.54, 1.807) is 7.05 Å². The number of urea groups is 1. The summed E-state index contributed by atoms with van der Waals surface area (Å²) >= 11 is 0. The molecule has 0 aromatic carbocycles. The van der Waals surface area contributed by atoms with Crippen LogP contribution in [0.5, 0.6) is 0 Å². The van der Waals surface area contributed by atoms with E-state index in [4.69, 9.17) is 9.73 Å². The van der Waals surface area contributed by atoms with Crippen LogP contribution in [-0.2, 0) is 16.1 Å². The minimum Gasteiger partial charge on any atom is -0.379 e. The molecule has 0 N–H and O–H groups in total. The van der Waals surface area contributed by atoms with Gasteiger partial charge in [-0.3, -0.25) is 19.5 Å². The molecule has 9 heteroatoms. The maximum Gasteiger partial charge on any atom is 0.402 e. The van der Waals surface area contributed by atoms with Crippen LogP contribution in [0.15, 0.2) is 4.99 Å². The lowest BCUT2D eigenvalue weighted by molar-refractivity contribution is -0.689. The van der Waals surface area contributed by atoms with Crippen molar-refractivity contribution in [1.29, 1.82) is 0 Å². The fraction of sp³-hybridized carbons (Fsp3) is 0.684. The number of hydrogen-bond donors (Lipinski definition) is 0. The van der Waals surface area contributed by atoms with E-state index in [1.807, 2.05) is 11.5 Å². The van der Waals surface area contributed by atoms with Crippen molar-refractivity contribution < 1.29 is 18.9 Å². The number of imide groups is 1. The summed E-state index contributed by atoms with van der Waals surface area (Å²) in [6, 6.07) is -0.852. The molecule has 0 saturated carbocycles. The molecule has 0 aliphatic carbocycles. The Bertz CT molecular complexity index is 839. The number of fused-ring (bicyclic) bond motifs is 3. The second-order valence-electron chi connectivity index (χ2n) is 7.65. The molecule has 0 bridgehead atoms. The number of morpholine rings is 1. The van der Waals surface area contributed by atoms with Crippen LogP contribution in [-0.4, -0.2) is 83.5 Å². The Morgan fingerprint density at radius 3 is 2.57 bits per heavy atom. The predicted molar refractivity (Wildman–Crippen MR) is 103 cm³/mol. The summed E-state index contributed by atoms with van der Waals surface area (Å²) in [5.41, 5.74) is 2.14. The van der Waals surface area contributed by atoms with Crippen molar-refractivity contribution in [3.8, 4) is 0 Å². The van der Waals surface area contributed by atoms with Crippen LogP contribution in [0.25, 0.3) is 0 Å². The maximum atomic E-state index is 13.4. The fourth-order valence-electron chi connectivity index (χ4n) is 4.27. The van der Waals surface area contributed by atoms with E-state index in [1.165, 1.54) is 9.80 Å². The van der Waals surface area contributed by atoms with E-state index < -0.39 is 6.04 Å². The van der Waals surface area contributed by atoms with Crippen LogP contribution in [0.3, 0.4) is 0 Å². The number of amides is 3. The zero-order valence-electron chi connectivity index (χ0n) is 17.1. The van der Waals surface area contributed by atoms with Crippen molar-refractivity contribution in [1.82, 2.24) is 19.3 Å². The molecule has 4 heterocycles. The number of rotatable bonds is 5. The Morgan fingerprint density at radius 2 is 1.89 bits per heavy atom. The van der Waals surface area contributed by atoms with Gasteiger partial charge in [-0.05, 0) is 20.3 Å². The van der Waals surface area contributed by atoms with Crippen LogP contribution in [0.2, 0.25) is 0 Å². The van der Waals surface area contributed by atoms with Gasteiger partial charge in [0.05, 0.1) is 19.8 Å². The third-order valence-corrected chi connectivity index (χ3v) is 6.02. The van der Waals surface area contributed by atoms with Gasteiger partial charge in [-0.2, -0.15) is 0 Å². The summed E-state index contributed by atoms with van der Waals surface area (Å²) in [7, 11) is 1.71. The standard InChI is InChI=1S/C19H29N6O3/c1-5-6-23-13(2)14(3)25-15-16(20-18(23)25)21(4)19(27)24(17(15)26)8-7-22-9-11-28-12-10-22/h15H,5-12H2,1-4H3/q+1. The topological polar surface area (TPSA) is 74.3 Å². The molecule has 0 spiro atoms. The first-order valence-corrected chi connectivity index (χ1v) is 10.0. The summed E-state index contributed by atoms with van der Waals surface area (Å²) in [4.78, 5) is 36.1. The highest BCUT2D eigenvalue weighted by Gasteiger charge is 2.53. The van der Waals surface area contributed by atoms with Gasteiger partial charge in [-0.25, -0.2) is 13.9 Å². The minimum absolute atomic E-state index is 0.185. The number of aromatic nitrogens is 2. The molecule has 28 heavy (non-hydrogen) atoms. The lowest BCUT2D eigenvalue weighted by Gasteiger charge is -2.35. The first-order chi connectivity index (χ1) is 13.5. The van der Waals surface area contributed by atoms with E-state index in [9.17, 15) is 9.59 Å². The first kappa shape index (κ1) is 19.1. The number of carbonyl (C=O) groups is 2. The van der Waals surface area contributed by atoms with Gasteiger partial charge in [0.15, 0.2) is 0 Å². The SMILES string of the molecule is CCC[n+]1c(C)c(C)n2c1N=C1C2C(=O)N(CCN2CCOCC2)C(=O)N1C. The highest BCUT2D eigenvalue weighted by Crippen LogP contribution is 2.35. The normalized spacial score (nSPS) is 22.6. The van der Waals surface area contributed by atoms with Crippen molar-refractivity contribution in [3.05, 3.63) is 11.4 Å². The van der Waals surface area contributed by atoms with E-state index in [2.05, 4.69) is 23.3 Å². The van der Waals surface area contributed by atoms with Gasteiger partial charge in [-0.1, -0.05) is 11.9 Å². The first-order valence-electron chi connectivity index (χ1n) is 10.0. The monoisotopic (exact) mass is 389 g/mol. The molecule has 1 aromatic heterocycles. The average molecular weight is 389 g/mol. The smallest absolute Gasteiger partial charge is 0.379 e. The summed E-state index contributed by atoms with van der Waals surface area (Å²) < 4.78 is 9.51. The minimum atomic E-state index is -0.556. The highest BCUT2D eigenvalue weighted by atomic mass is 16.5. The zero-order valence-corrected chi connectivity index (χ0v) is 17.1. The molecule has 1 atom stereocenters. The third kappa shape index (κ3) is 2.84. The molecule has 2 saturated heterocycles. The maximum absolute atomic E-state index is 13.4. The number of hydrogen-bond acceptors (Lipinski definition) is 5. The number of amidine groups is 1. The van der Waals surface area contributed by atoms with Crippen molar-refractivity contribution in [3.63, 3.8) is 0 Å². The van der Waals surface area contributed by atoms with E-state index in [-0.39, 0.29) is 11.9 Å². The van der Waals surface area contributed by atoms with Crippen LogP contribution in [0.1, 0.15) is 30.8 Å². The van der Waals surface area contributed by atoms with Crippen LogP contribution >= 0.6 is 0 Å². The Labute approximate surface area is 165 Å². The zero-order chi connectivity index (χ0) is 20.0. The van der Waals surface area contributed by atoms with E-state index in [0.29, 0.717) is 32.1 Å². The number of ether oxygens (including phenoxy) is 1. The molecule has 3 aliphatic rings. The Kier molecular flexibility index (Phi) is 4.96. The fourth-order valence-corrected chi connectivity index (χ4v) is 4.27. The van der Waals surface area contributed by atoms with E-state index >= 15 is 0 Å². The van der Waals surface area contributed by atoms with Gasteiger partial charge >= 0.3 is 12.0 Å². The second kappa shape index (κ2) is 7.29. The molecule has 0 radical (unpaired) electrons. The van der Waals surface area contributed by atoms with Gasteiger partial charge in [0.1, 0.15) is 11.4 Å². The number of carbonyl (C=O) groups excluding carboxylic acids is 2. The summed E-state index contributed by atoms with van der Waals surface area (Å²) in [6.07, 6.45) is 0.978. The Morgan fingerprint density at radius 1 is 1.18 bits per heavy atom. The van der Waals surface area contributed by atoms with Gasteiger partial charge in [-0.15, -0.1) is 0 Å². The molecule has 152 valence electrons. The molecule has 1 aromatic rings. The molecular formula is C19H29N6O3+. The lowest BCUT2D eigenvalue weighted by atomic mass is 10.1. The highest BCUT2D eigenvalue weighted by molar-refractivity contribution is 6.20. The van der Waals surface area contributed by atoms with Gasteiger partial charge in [0, 0.05) is 33.2 Å². The van der Waals surface area contributed by atoms with Gasteiger partial charge in [0.25, 0.3) is 5.91 Å². The summed E-state index contributed by atoms with van der Waals surface area (Å²) in [6.45, 7) is 11.2. The number of aliphatic imine (C=N–C) groups is 1. The lowest BCUT2D eigenvalue weighted by Crippen LogP contribution is -2.59. The summed E-state index contributed by atoms with van der Waals surface area (Å²) in [5, 5.41) is 0. The van der Waals surface area contributed by atoms with Crippen LogP contribution in [0.4, 0.5) is 10.7 Å². The number of likely N-dealkylation sites (N-methyl/N-ethyl adjacent to an activating group) is 1. The molecule has 4 rings (SSSR count). The van der Waals surface area contributed by atoms with Gasteiger partial charge < -0.3 is 4.74 Å². The number of imidazole rings is 1. The van der Waals surface area contributed by atoms with Crippen LogP contribution < -0.4 is 4.57 Å². The second-order valence-corrected chi connectivity index (χ2v) is 7.65. The van der Waals surface area contributed by atoms with Gasteiger partial charge in [0.2, 0.25) is 11.9 Å². The van der Waals surface area contributed by atoms with Crippen molar-refractivity contribution in [2.45, 2.75) is 39.8 Å². The van der Waals surface area contributed by atoms with Crippen molar-refractivity contribution in [2.24, 2.45) is 4.99 Å². The summed E-state index contributed by atoms with van der Waals surface area (Å²) in [5.74, 6) is 1.11. The molecule has 3 amide bonds. The molecule has 3 aliphatic heterocycles. The Hall–Kier alpha value is -2.26. The van der Waals surface area contributed by atoms with Crippen molar-refractivity contribution >= 4 is 23.7 Å². The predicted octanol–water partition coefficient (Wildman–Crippen LogP) is 0.613.